The van der Waals surface area contributed by atoms with E-state index in [1.54, 1.807) is 34.1 Å². The Bertz CT molecular complexity index is 687. The summed E-state index contributed by atoms with van der Waals surface area (Å²) in [6.07, 6.45) is 1.83. The van der Waals surface area contributed by atoms with E-state index in [0.29, 0.717) is 36.3 Å². The van der Waals surface area contributed by atoms with Crippen molar-refractivity contribution in [3.63, 3.8) is 0 Å². The van der Waals surface area contributed by atoms with E-state index in [1.807, 2.05) is 0 Å². The van der Waals surface area contributed by atoms with Gasteiger partial charge in [0.25, 0.3) is 0 Å². The molecule has 1 aromatic rings. The van der Waals surface area contributed by atoms with Gasteiger partial charge in [-0.1, -0.05) is 12.1 Å². The van der Waals surface area contributed by atoms with E-state index in [-0.39, 0.29) is 12.5 Å². The van der Waals surface area contributed by atoms with Crippen LogP contribution in [0, 0.1) is 0 Å². The monoisotopic (exact) mass is 403 g/mol. The summed E-state index contributed by atoms with van der Waals surface area (Å²) < 4.78 is 25.9. The highest BCUT2D eigenvalue weighted by atomic mass is 79.9. The molecule has 2 amide bonds. The van der Waals surface area contributed by atoms with E-state index in [0.717, 1.165) is 17.0 Å². The molecule has 0 atom stereocenters. The molecule has 0 spiro atoms. The summed E-state index contributed by atoms with van der Waals surface area (Å²) in [4.78, 5) is 26.3. The second-order valence-corrected chi connectivity index (χ2v) is 8.00. The minimum absolute atomic E-state index is 0.261. The number of halogens is 1. The van der Waals surface area contributed by atoms with E-state index in [1.165, 1.54) is 0 Å². The molecule has 7 nitrogen and oxygen atoms in total. The summed E-state index contributed by atoms with van der Waals surface area (Å²) in [7, 11) is -3.60. The van der Waals surface area contributed by atoms with Gasteiger partial charge in [0.15, 0.2) is 0 Å². The first-order chi connectivity index (χ1) is 10.8. The molecule has 0 aromatic heterocycles. The molecule has 1 saturated heterocycles. The number of amides is 2. The molecule has 1 aliphatic rings. The number of hydrogen-bond donors (Lipinski definition) is 0. The van der Waals surface area contributed by atoms with Crippen LogP contribution in [0.5, 0.6) is 0 Å². The molecule has 1 heterocycles. The Morgan fingerprint density at radius 3 is 2.39 bits per heavy atom. The van der Waals surface area contributed by atoms with E-state index in [4.69, 9.17) is 0 Å². The normalized spacial score (nSPS) is 15.4. The molecule has 1 fully saturated rings. The summed E-state index contributed by atoms with van der Waals surface area (Å²) in [6.45, 7) is 1.48. The average molecular weight is 404 g/mol. The van der Waals surface area contributed by atoms with Gasteiger partial charge < -0.3 is 9.80 Å². The van der Waals surface area contributed by atoms with Crippen molar-refractivity contribution in [3.8, 4) is 0 Å². The highest BCUT2D eigenvalue weighted by molar-refractivity contribution is 9.10. The van der Waals surface area contributed by atoms with Crippen molar-refractivity contribution >= 4 is 44.0 Å². The van der Waals surface area contributed by atoms with Crippen LogP contribution in [0.2, 0.25) is 0 Å². The first kappa shape index (κ1) is 17.7. The van der Waals surface area contributed by atoms with Crippen molar-refractivity contribution in [1.82, 2.24) is 9.80 Å². The van der Waals surface area contributed by atoms with E-state index >= 15 is 0 Å². The SMILES string of the molecule is CS(=O)(=O)N(CC(=O)N1CCN(C=O)CC1)c1ccccc1Br. The second-order valence-electron chi connectivity index (χ2n) is 5.24. The zero-order valence-corrected chi connectivity index (χ0v) is 15.1. The van der Waals surface area contributed by atoms with Crippen LogP contribution in [0.25, 0.3) is 0 Å². The first-order valence-electron chi connectivity index (χ1n) is 7.02. The third-order valence-electron chi connectivity index (χ3n) is 3.62. The van der Waals surface area contributed by atoms with Crippen LogP contribution < -0.4 is 4.31 Å². The molecular formula is C14H18BrN3O4S. The highest BCUT2D eigenvalue weighted by Gasteiger charge is 2.27. The number of carbonyl (C=O) groups excluding carboxylic acids is 2. The number of hydrogen-bond acceptors (Lipinski definition) is 4. The zero-order chi connectivity index (χ0) is 17.0. The molecule has 9 heteroatoms. The predicted octanol–water partition coefficient (Wildman–Crippen LogP) is 0.516. The van der Waals surface area contributed by atoms with Gasteiger partial charge >= 0.3 is 0 Å². The Balaban J connectivity index is 2.15. The number of carbonyl (C=O) groups is 2. The molecule has 0 N–H and O–H groups in total. The minimum Gasteiger partial charge on any atom is -0.342 e. The second kappa shape index (κ2) is 7.31. The number of para-hydroxylation sites is 1. The lowest BCUT2D eigenvalue weighted by Gasteiger charge is -2.34. The van der Waals surface area contributed by atoms with Crippen LogP contribution in [0.3, 0.4) is 0 Å². The molecule has 0 radical (unpaired) electrons. The fourth-order valence-corrected chi connectivity index (χ4v) is 3.81. The Morgan fingerprint density at radius 2 is 1.87 bits per heavy atom. The molecule has 1 aliphatic heterocycles. The summed E-state index contributed by atoms with van der Waals surface area (Å²) in [5.74, 6) is -0.281. The Hall–Kier alpha value is -1.61. The molecule has 0 aliphatic carbocycles. The summed E-state index contributed by atoms with van der Waals surface area (Å²) in [5.41, 5.74) is 0.426. The van der Waals surface area contributed by atoms with Crippen molar-refractivity contribution in [2.45, 2.75) is 0 Å². The number of rotatable bonds is 5. The first-order valence-corrected chi connectivity index (χ1v) is 9.66. The van der Waals surface area contributed by atoms with E-state index in [2.05, 4.69) is 15.9 Å². The van der Waals surface area contributed by atoms with Gasteiger partial charge in [-0.3, -0.25) is 13.9 Å². The van der Waals surface area contributed by atoms with Gasteiger partial charge in [-0.15, -0.1) is 0 Å². The maximum atomic E-state index is 12.4. The lowest BCUT2D eigenvalue weighted by Crippen LogP contribution is -2.51. The quantitative estimate of drug-likeness (QED) is 0.671. The minimum atomic E-state index is -3.60. The van der Waals surface area contributed by atoms with Gasteiger partial charge in [0.05, 0.1) is 11.9 Å². The molecule has 1 aromatic carbocycles. The third kappa shape index (κ3) is 4.44. The Morgan fingerprint density at radius 1 is 1.26 bits per heavy atom. The number of piperazine rings is 1. The zero-order valence-electron chi connectivity index (χ0n) is 12.7. The Kier molecular flexibility index (Phi) is 5.64. The molecule has 23 heavy (non-hydrogen) atoms. The lowest BCUT2D eigenvalue weighted by molar-refractivity contribution is -0.133. The van der Waals surface area contributed by atoms with Crippen LogP contribution in [-0.2, 0) is 19.6 Å². The maximum absolute atomic E-state index is 12.4. The molecular weight excluding hydrogens is 386 g/mol. The highest BCUT2D eigenvalue weighted by Crippen LogP contribution is 2.27. The van der Waals surface area contributed by atoms with Crippen LogP contribution in [0.15, 0.2) is 28.7 Å². The standard InChI is InChI=1S/C14H18BrN3O4S/c1-23(21,22)18(13-5-3-2-4-12(13)15)10-14(20)17-8-6-16(11-19)7-9-17/h2-5,11H,6-10H2,1H3. The number of anilines is 1. The number of nitrogens with zero attached hydrogens (tertiary/aromatic N) is 3. The van der Waals surface area contributed by atoms with Gasteiger partial charge in [0.1, 0.15) is 6.54 Å². The summed E-state index contributed by atoms with van der Waals surface area (Å²) >= 11 is 3.32. The van der Waals surface area contributed by atoms with Gasteiger partial charge in [-0.25, -0.2) is 8.42 Å². The molecule has 0 unspecified atom stereocenters. The van der Waals surface area contributed by atoms with Crippen LogP contribution >= 0.6 is 15.9 Å². The fourth-order valence-electron chi connectivity index (χ4n) is 2.33. The third-order valence-corrected chi connectivity index (χ3v) is 5.41. The van der Waals surface area contributed by atoms with Gasteiger partial charge in [-0.2, -0.15) is 0 Å². The summed E-state index contributed by atoms with van der Waals surface area (Å²) in [6, 6.07) is 6.85. The van der Waals surface area contributed by atoms with Crippen molar-refractivity contribution in [2.24, 2.45) is 0 Å². The van der Waals surface area contributed by atoms with Gasteiger partial charge in [-0.05, 0) is 28.1 Å². The number of benzene rings is 1. The fraction of sp³-hybridized carbons (Fsp3) is 0.429. The molecule has 126 valence electrons. The number of sulfonamides is 1. The van der Waals surface area contributed by atoms with Crippen LogP contribution in [0.4, 0.5) is 5.69 Å². The topological polar surface area (TPSA) is 78.0 Å². The van der Waals surface area contributed by atoms with Crippen molar-refractivity contribution in [1.29, 1.82) is 0 Å². The molecule has 0 bridgehead atoms. The largest absolute Gasteiger partial charge is 0.342 e. The predicted molar refractivity (Wildman–Crippen MR) is 90.5 cm³/mol. The molecule has 2 rings (SSSR count). The summed E-state index contributed by atoms with van der Waals surface area (Å²) in [5, 5.41) is 0. The van der Waals surface area contributed by atoms with E-state index < -0.39 is 10.0 Å². The van der Waals surface area contributed by atoms with Crippen molar-refractivity contribution < 1.29 is 18.0 Å². The van der Waals surface area contributed by atoms with Crippen molar-refractivity contribution in [3.05, 3.63) is 28.7 Å². The van der Waals surface area contributed by atoms with Crippen molar-refractivity contribution in [2.75, 3.05) is 43.3 Å². The smallest absolute Gasteiger partial charge is 0.243 e. The van der Waals surface area contributed by atoms with E-state index in [9.17, 15) is 18.0 Å². The van der Waals surface area contributed by atoms with Crippen LogP contribution in [-0.4, -0.2) is 69.5 Å². The van der Waals surface area contributed by atoms with Gasteiger partial charge in [0.2, 0.25) is 22.3 Å². The van der Waals surface area contributed by atoms with Gasteiger partial charge in [0, 0.05) is 30.7 Å². The Labute approximate surface area is 144 Å². The lowest BCUT2D eigenvalue weighted by atomic mass is 10.3. The molecule has 0 saturated carbocycles. The average Bonchev–Trinajstić information content (AvgIpc) is 2.52. The van der Waals surface area contributed by atoms with Crippen LogP contribution in [0.1, 0.15) is 0 Å². The maximum Gasteiger partial charge on any atom is 0.243 e.